The van der Waals surface area contributed by atoms with E-state index in [-0.39, 0.29) is 21.6 Å². The van der Waals surface area contributed by atoms with Crippen molar-refractivity contribution in [3.63, 3.8) is 0 Å². The van der Waals surface area contributed by atoms with Gasteiger partial charge in [-0.1, -0.05) is 30.1 Å². The summed E-state index contributed by atoms with van der Waals surface area (Å²) in [5, 5.41) is -0.317. The number of halogens is 2. The van der Waals surface area contributed by atoms with Gasteiger partial charge in [0, 0.05) is 13.1 Å². The van der Waals surface area contributed by atoms with E-state index in [2.05, 4.69) is 0 Å². The molecule has 2 rings (SSSR count). The van der Waals surface area contributed by atoms with Crippen LogP contribution in [0.2, 0.25) is 0 Å². The highest BCUT2D eigenvalue weighted by Gasteiger charge is 2.39. The Labute approximate surface area is 107 Å². The second-order valence-corrected chi connectivity index (χ2v) is 5.41. The molecule has 2 aliphatic rings. The Morgan fingerprint density at radius 2 is 1.75 bits per heavy atom. The minimum absolute atomic E-state index is 0.158. The van der Waals surface area contributed by atoms with Gasteiger partial charge in [0.25, 0.3) is 0 Å². The lowest BCUT2D eigenvalue weighted by Gasteiger charge is -2.18. The molecule has 1 fully saturated rings. The average Bonchev–Trinajstić information content (AvgIpc) is 3.07. The zero-order valence-electron chi connectivity index (χ0n) is 8.55. The second kappa shape index (κ2) is 4.43. The van der Waals surface area contributed by atoms with Gasteiger partial charge in [-0.15, -0.1) is 11.8 Å². The van der Waals surface area contributed by atoms with Crippen molar-refractivity contribution in [1.29, 1.82) is 0 Å². The van der Waals surface area contributed by atoms with E-state index >= 15 is 0 Å². The van der Waals surface area contributed by atoms with Crippen molar-refractivity contribution in [2.45, 2.75) is 6.92 Å². The van der Waals surface area contributed by atoms with Crippen LogP contribution in [0.15, 0.2) is 20.7 Å². The molecule has 0 aromatic rings. The fraction of sp³-hybridized carbons (Fsp3) is 0.400. The van der Waals surface area contributed by atoms with Gasteiger partial charge >= 0.3 is 0 Å². The number of ketones is 2. The standard InChI is InChI=1S/C10H9Cl2NO2S/c1-2-16-10-7(13-3-4-13)8(14)5(11)6(12)9(10)15/h2-4H2,1H3. The Kier molecular flexibility index (Phi) is 3.33. The van der Waals surface area contributed by atoms with Crippen molar-refractivity contribution >= 4 is 46.5 Å². The third kappa shape index (κ3) is 1.90. The predicted octanol–water partition coefficient (Wildman–Crippen LogP) is 2.11. The Morgan fingerprint density at radius 3 is 2.25 bits per heavy atom. The molecule has 0 saturated carbocycles. The van der Waals surface area contributed by atoms with Gasteiger partial charge in [0.15, 0.2) is 0 Å². The van der Waals surface area contributed by atoms with Crippen LogP contribution in [-0.2, 0) is 9.59 Å². The van der Waals surface area contributed by atoms with E-state index in [1.165, 1.54) is 11.8 Å². The quantitative estimate of drug-likeness (QED) is 0.585. The Morgan fingerprint density at radius 1 is 1.19 bits per heavy atom. The van der Waals surface area contributed by atoms with Gasteiger partial charge in [-0.3, -0.25) is 9.59 Å². The molecule has 16 heavy (non-hydrogen) atoms. The number of Topliss-reactive ketones (excluding diaryl/α,β-unsaturated/α-hetero) is 2. The molecule has 0 bridgehead atoms. The number of nitrogens with zero attached hydrogens (tertiary/aromatic N) is 1. The minimum Gasteiger partial charge on any atom is -0.364 e. The number of rotatable bonds is 3. The zero-order chi connectivity index (χ0) is 11.9. The highest BCUT2D eigenvalue weighted by Crippen LogP contribution is 2.38. The van der Waals surface area contributed by atoms with Gasteiger partial charge in [-0.2, -0.15) is 0 Å². The van der Waals surface area contributed by atoms with Gasteiger partial charge in [-0.05, 0) is 5.75 Å². The fourth-order valence-corrected chi connectivity index (χ4v) is 2.74. The van der Waals surface area contributed by atoms with E-state index in [1.54, 1.807) is 0 Å². The minimum atomic E-state index is -0.334. The van der Waals surface area contributed by atoms with E-state index in [0.717, 1.165) is 13.1 Å². The molecular formula is C10H9Cl2NO2S. The summed E-state index contributed by atoms with van der Waals surface area (Å²) in [5.41, 5.74) is 0.422. The van der Waals surface area contributed by atoms with Crippen molar-refractivity contribution in [2.75, 3.05) is 18.8 Å². The molecular weight excluding hydrogens is 269 g/mol. The predicted molar refractivity (Wildman–Crippen MR) is 65.5 cm³/mol. The number of carbonyl (C=O) groups excluding carboxylic acids is 2. The molecule has 0 N–H and O–H groups in total. The molecule has 1 aliphatic carbocycles. The maximum absolute atomic E-state index is 11.9. The van der Waals surface area contributed by atoms with Crippen LogP contribution in [0.1, 0.15) is 6.92 Å². The molecule has 0 amide bonds. The lowest BCUT2D eigenvalue weighted by Crippen LogP contribution is -2.23. The van der Waals surface area contributed by atoms with Crippen LogP contribution in [0, 0.1) is 0 Å². The maximum Gasteiger partial charge on any atom is 0.223 e. The molecule has 0 unspecified atom stereocenters. The smallest absolute Gasteiger partial charge is 0.223 e. The summed E-state index contributed by atoms with van der Waals surface area (Å²) < 4.78 is 0. The van der Waals surface area contributed by atoms with Crippen LogP contribution < -0.4 is 0 Å². The highest BCUT2D eigenvalue weighted by molar-refractivity contribution is 8.04. The van der Waals surface area contributed by atoms with Crippen molar-refractivity contribution in [3.8, 4) is 0 Å². The summed E-state index contributed by atoms with van der Waals surface area (Å²) in [4.78, 5) is 26.1. The number of thioether (sulfide) groups is 1. The van der Waals surface area contributed by atoms with Gasteiger partial charge in [0.05, 0.1) is 4.91 Å². The molecule has 0 radical (unpaired) electrons. The third-order valence-corrected chi connectivity index (χ3v) is 4.05. The van der Waals surface area contributed by atoms with Crippen molar-refractivity contribution in [2.24, 2.45) is 0 Å². The summed E-state index contributed by atoms with van der Waals surface area (Å²) in [6, 6.07) is 0. The molecule has 3 nitrogen and oxygen atoms in total. The van der Waals surface area contributed by atoms with Crippen molar-refractivity contribution in [1.82, 2.24) is 4.90 Å². The van der Waals surface area contributed by atoms with Crippen LogP contribution in [-0.4, -0.2) is 35.3 Å². The molecule has 0 spiro atoms. The first-order valence-corrected chi connectivity index (χ1v) is 6.58. The topological polar surface area (TPSA) is 37.1 Å². The monoisotopic (exact) mass is 277 g/mol. The lowest BCUT2D eigenvalue weighted by molar-refractivity contribution is -0.115. The first-order valence-electron chi connectivity index (χ1n) is 4.84. The second-order valence-electron chi connectivity index (χ2n) is 3.38. The first-order chi connectivity index (χ1) is 7.57. The summed E-state index contributed by atoms with van der Waals surface area (Å²) in [7, 11) is 0. The largest absolute Gasteiger partial charge is 0.364 e. The van der Waals surface area contributed by atoms with Crippen LogP contribution in [0.5, 0.6) is 0 Å². The molecule has 0 aromatic heterocycles. The highest BCUT2D eigenvalue weighted by atomic mass is 35.5. The molecule has 0 aromatic carbocycles. The zero-order valence-corrected chi connectivity index (χ0v) is 10.9. The Balaban J connectivity index is 2.47. The maximum atomic E-state index is 11.9. The molecule has 6 heteroatoms. The number of carbonyl (C=O) groups is 2. The van der Waals surface area contributed by atoms with E-state index in [4.69, 9.17) is 23.2 Å². The fourth-order valence-electron chi connectivity index (χ4n) is 1.45. The average molecular weight is 278 g/mol. The van der Waals surface area contributed by atoms with Crippen LogP contribution in [0.25, 0.3) is 0 Å². The van der Waals surface area contributed by atoms with E-state index in [1.807, 2.05) is 11.8 Å². The summed E-state index contributed by atoms with van der Waals surface area (Å²) in [6.45, 7) is 3.51. The molecule has 1 heterocycles. The SMILES string of the molecule is CCSC1=C(N2CC2)C(=O)C(Cl)=C(Cl)C1=O. The van der Waals surface area contributed by atoms with E-state index in [0.29, 0.717) is 16.4 Å². The Hall–Kier alpha value is -0.450. The van der Waals surface area contributed by atoms with Crippen LogP contribution in [0.4, 0.5) is 0 Å². The van der Waals surface area contributed by atoms with E-state index in [9.17, 15) is 9.59 Å². The summed E-state index contributed by atoms with van der Waals surface area (Å²) in [5.74, 6) is 0.0488. The van der Waals surface area contributed by atoms with Crippen molar-refractivity contribution in [3.05, 3.63) is 20.7 Å². The third-order valence-electron chi connectivity index (χ3n) is 2.28. The molecule has 1 saturated heterocycles. The summed E-state index contributed by atoms with van der Waals surface area (Å²) >= 11 is 12.8. The Bertz CT molecular complexity index is 438. The van der Waals surface area contributed by atoms with Crippen molar-refractivity contribution < 1.29 is 9.59 Å². The molecule has 86 valence electrons. The number of hydrogen-bond acceptors (Lipinski definition) is 4. The lowest BCUT2D eigenvalue weighted by atomic mass is 10.1. The van der Waals surface area contributed by atoms with Gasteiger partial charge in [0.1, 0.15) is 15.8 Å². The van der Waals surface area contributed by atoms with Crippen LogP contribution in [0.3, 0.4) is 0 Å². The normalized spacial score (nSPS) is 21.1. The molecule has 0 atom stereocenters. The van der Waals surface area contributed by atoms with Gasteiger partial charge in [0.2, 0.25) is 11.6 Å². The van der Waals surface area contributed by atoms with Crippen LogP contribution >= 0.6 is 35.0 Å². The first kappa shape index (κ1) is 12.0. The van der Waals surface area contributed by atoms with Gasteiger partial charge < -0.3 is 4.90 Å². The molecule has 1 aliphatic heterocycles. The summed E-state index contributed by atoms with van der Waals surface area (Å²) in [6.07, 6.45) is 0. The van der Waals surface area contributed by atoms with Gasteiger partial charge in [-0.25, -0.2) is 0 Å². The number of hydrogen-bond donors (Lipinski definition) is 0. The van der Waals surface area contributed by atoms with E-state index < -0.39 is 0 Å². The number of allylic oxidation sites excluding steroid dienone is 3.